The van der Waals surface area contributed by atoms with Gasteiger partial charge in [0.05, 0.1) is 17.0 Å². The number of nitrogens with zero attached hydrogens (tertiary/aromatic N) is 2. The lowest BCUT2D eigenvalue weighted by Crippen LogP contribution is -2.37. The minimum atomic E-state index is 0.00888. The van der Waals surface area contributed by atoms with Gasteiger partial charge < -0.3 is 5.32 Å². The summed E-state index contributed by atoms with van der Waals surface area (Å²) in [6.07, 6.45) is 5.72. The van der Waals surface area contributed by atoms with E-state index in [1.54, 1.807) is 0 Å². The molecule has 0 unspecified atom stereocenters. The lowest BCUT2D eigenvalue weighted by atomic mass is 9.95. The summed E-state index contributed by atoms with van der Waals surface area (Å²) in [6.45, 7) is 2.04. The molecule has 3 aromatic rings. The third-order valence-electron chi connectivity index (χ3n) is 5.84. The van der Waals surface area contributed by atoms with E-state index >= 15 is 0 Å². The van der Waals surface area contributed by atoms with Gasteiger partial charge in [-0.2, -0.15) is 5.26 Å². The van der Waals surface area contributed by atoms with E-state index in [0.29, 0.717) is 10.6 Å². The molecule has 1 amide bonds. The Bertz CT molecular complexity index is 1110. The van der Waals surface area contributed by atoms with Crippen LogP contribution in [0.2, 0.25) is 0 Å². The molecule has 162 valence electrons. The van der Waals surface area contributed by atoms with E-state index in [2.05, 4.69) is 11.4 Å². The third kappa shape index (κ3) is 5.38. The fourth-order valence-electron chi connectivity index (χ4n) is 4.10. The average Bonchev–Trinajstić information content (AvgIpc) is 2.84. The van der Waals surface area contributed by atoms with E-state index in [4.69, 9.17) is 4.98 Å². The van der Waals surface area contributed by atoms with Crippen LogP contribution in [0.15, 0.2) is 65.7 Å². The first-order chi connectivity index (χ1) is 15.6. The molecule has 1 N–H and O–H groups in total. The molecular formula is C27H27N3OS. The summed E-state index contributed by atoms with van der Waals surface area (Å²) in [5, 5.41) is 13.8. The number of aromatic nitrogens is 1. The molecule has 32 heavy (non-hydrogen) atoms. The van der Waals surface area contributed by atoms with Gasteiger partial charge in [0.15, 0.2) is 0 Å². The summed E-state index contributed by atoms with van der Waals surface area (Å²) in [7, 11) is 0. The summed E-state index contributed by atoms with van der Waals surface area (Å²) < 4.78 is 0. The number of benzene rings is 2. The largest absolute Gasteiger partial charge is 0.353 e. The van der Waals surface area contributed by atoms with Crippen molar-refractivity contribution in [3.8, 4) is 28.5 Å². The smallest absolute Gasteiger partial charge is 0.230 e. The van der Waals surface area contributed by atoms with Crippen LogP contribution in [-0.4, -0.2) is 22.7 Å². The molecule has 5 heteroatoms. The average molecular weight is 442 g/mol. The lowest BCUT2D eigenvalue weighted by Gasteiger charge is -2.22. The van der Waals surface area contributed by atoms with Gasteiger partial charge in [0.25, 0.3) is 0 Å². The van der Waals surface area contributed by atoms with Gasteiger partial charge in [-0.1, -0.05) is 91.2 Å². The quantitative estimate of drug-likeness (QED) is 0.467. The molecule has 4 rings (SSSR count). The highest BCUT2D eigenvalue weighted by Gasteiger charge is 2.19. The molecule has 1 aliphatic carbocycles. The number of hydrogen-bond donors (Lipinski definition) is 1. The summed E-state index contributed by atoms with van der Waals surface area (Å²) in [4.78, 5) is 17.4. The van der Waals surface area contributed by atoms with Crippen LogP contribution >= 0.6 is 11.8 Å². The topological polar surface area (TPSA) is 65.8 Å². The van der Waals surface area contributed by atoms with Crippen molar-refractivity contribution in [2.75, 3.05) is 5.75 Å². The van der Waals surface area contributed by atoms with Crippen molar-refractivity contribution in [3.63, 3.8) is 0 Å². The van der Waals surface area contributed by atoms with E-state index < -0.39 is 0 Å². The van der Waals surface area contributed by atoms with Crippen LogP contribution in [0, 0.1) is 18.3 Å². The summed E-state index contributed by atoms with van der Waals surface area (Å²) in [5.74, 6) is 0.263. The zero-order chi connectivity index (χ0) is 22.3. The summed E-state index contributed by atoms with van der Waals surface area (Å²) >= 11 is 1.34. The van der Waals surface area contributed by atoms with Crippen LogP contribution in [0.5, 0.6) is 0 Å². The number of rotatable bonds is 6. The van der Waals surface area contributed by atoms with Gasteiger partial charge in [-0.25, -0.2) is 4.98 Å². The van der Waals surface area contributed by atoms with Gasteiger partial charge in [-0.15, -0.1) is 0 Å². The van der Waals surface area contributed by atoms with Crippen molar-refractivity contribution in [1.29, 1.82) is 5.26 Å². The van der Waals surface area contributed by atoms with Gasteiger partial charge in [-0.3, -0.25) is 4.79 Å². The number of pyridine rings is 1. The van der Waals surface area contributed by atoms with Crippen LogP contribution in [0.1, 0.15) is 43.2 Å². The van der Waals surface area contributed by atoms with Crippen molar-refractivity contribution >= 4 is 17.7 Å². The van der Waals surface area contributed by atoms with Gasteiger partial charge >= 0.3 is 0 Å². The Morgan fingerprint density at radius 2 is 1.78 bits per heavy atom. The maximum Gasteiger partial charge on any atom is 0.230 e. The number of carbonyl (C=O) groups is 1. The van der Waals surface area contributed by atoms with E-state index in [-0.39, 0.29) is 17.7 Å². The minimum Gasteiger partial charge on any atom is -0.353 e. The highest BCUT2D eigenvalue weighted by Crippen LogP contribution is 2.34. The van der Waals surface area contributed by atoms with Crippen LogP contribution in [-0.2, 0) is 4.79 Å². The first-order valence-electron chi connectivity index (χ1n) is 11.1. The second-order valence-electron chi connectivity index (χ2n) is 8.27. The highest BCUT2D eigenvalue weighted by atomic mass is 32.2. The van der Waals surface area contributed by atoms with Crippen molar-refractivity contribution in [1.82, 2.24) is 10.3 Å². The third-order valence-corrected chi connectivity index (χ3v) is 6.82. The molecular weight excluding hydrogens is 414 g/mol. The lowest BCUT2D eigenvalue weighted by molar-refractivity contribution is -0.119. The van der Waals surface area contributed by atoms with E-state index in [1.165, 1.54) is 36.6 Å². The maximum atomic E-state index is 12.6. The number of aryl methyl sites for hydroxylation is 1. The van der Waals surface area contributed by atoms with E-state index in [0.717, 1.165) is 35.2 Å². The Kier molecular flexibility index (Phi) is 7.24. The molecule has 1 fully saturated rings. The molecule has 4 nitrogen and oxygen atoms in total. The molecule has 0 spiro atoms. The Balaban J connectivity index is 1.65. The number of nitriles is 1. The number of carbonyl (C=O) groups excluding carboxylic acids is 1. The predicted octanol–water partition coefficient (Wildman–Crippen LogP) is 6.14. The number of thioether (sulfide) groups is 1. The molecule has 0 saturated heterocycles. The molecule has 0 atom stereocenters. The maximum absolute atomic E-state index is 12.6. The zero-order valence-electron chi connectivity index (χ0n) is 18.3. The van der Waals surface area contributed by atoms with E-state index in [9.17, 15) is 10.1 Å². The monoisotopic (exact) mass is 441 g/mol. The second-order valence-corrected chi connectivity index (χ2v) is 9.23. The van der Waals surface area contributed by atoms with Gasteiger partial charge in [0, 0.05) is 17.2 Å². The van der Waals surface area contributed by atoms with Crippen molar-refractivity contribution in [2.24, 2.45) is 0 Å². The van der Waals surface area contributed by atoms with Crippen LogP contribution in [0.3, 0.4) is 0 Å². The SMILES string of the molecule is Cc1ccc(-c2cc(-c3ccccc3)nc(SCC(=O)NC3CCCCC3)c2C#N)cc1. The fourth-order valence-corrected chi connectivity index (χ4v) is 4.92. The predicted molar refractivity (Wildman–Crippen MR) is 130 cm³/mol. The van der Waals surface area contributed by atoms with Gasteiger partial charge in [0.1, 0.15) is 11.1 Å². The standard InChI is InChI=1S/C27H27N3OS/c1-19-12-14-20(15-13-19)23-16-25(21-8-4-2-5-9-21)30-27(24(23)17-28)32-18-26(31)29-22-10-6-3-7-11-22/h2,4-5,8-9,12-16,22H,3,6-7,10-11,18H2,1H3,(H,29,31). The van der Waals surface area contributed by atoms with Crippen molar-refractivity contribution in [2.45, 2.75) is 50.1 Å². The minimum absolute atomic E-state index is 0.00888. The Hall–Kier alpha value is -3.10. The van der Waals surface area contributed by atoms with Crippen molar-refractivity contribution in [3.05, 3.63) is 71.8 Å². The van der Waals surface area contributed by atoms with E-state index in [1.807, 2.05) is 67.6 Å². The molecule has 1 aromatic heterocycles. The van der Waals surface area contributed by atoms with Gasteiger partial charge in [0.2, 0.25) is 5.91 Å². The first-order valence-corrected chi connectivity index (χ1v) is 12.1. The highest BCUT2D eigenvalue weighted by molar-refractivity contribution is 8.00. The second kappa shape index (κ2) is 10.5. The first kappa shape index (κ1) is 22.1. The van der Waals surface area contributed by atoms with Crippen molar-refractivity contribution < 1.29 is 4.79 Å². The Morgan fingerprint density at radius 3 is 2.47 bits per heavy atom. The molecule has 1 saturated carbocycles. The Labute approximate surface area is 194 Å². The molecule has 0 bridgehead atoms. The molecule has 2 aromatic carbocycles. The summed E-state index contributed by atoms with van der Waals surface area (Å²) in [6, 6.07) is 22.7. The van der Waals surface area contributed by atoms with Crippen LogP contribution in [0.4, 0.5) is 0 Å². The molecule has 1 heterocycles. The van der Waals surface area contributed by atoms with Crippen LogP contribution < -0.4 is 5.32 Å². The molecule has 1 aliphatic rings. The Morgan fingerprint density at radius 1 is 1.06 bits per heavy atom. The molecule has 0 radical (unpaired) electrons. The zero-order valence-corrected chi connectivity index (χ0v) is 19.1. The molecule has 0 aliphatic heterocycles. The normalized spacial score (nSPS) is 14.0. The fraction of sp³-hybridized carbons (Fsp3) is 0.296. The number of amides is 1. The van der Waals surface area contributed by atoms with Crippen LogP contribution in [0.25, 0.3) is 22.4 Å². The van der Waals surface area contributed by atoms with Gasteiger partial charge in [-0.05, 0) is 31.4 Å². The number of hydrogen-bond acceptors (Lipinski definition) is 4. The summed E-state index contributed by atoms with van der Waals surface area (Å²) in [5.41, 5.74) is 5.29. The number of nitrogens with one attached hydrogen (secondary N) is 1.